The largest absolute Gasteiger partial charge is 0.484 e. The molecule has 0 saturated carbocycles. The van der Waals surface area contributed by atoms with E-state index in [9.17, 15) is 57.5 Å². The van der Waals surface area contributed by atoms with Crippen LogP contribution in [0.15, 0.2) is 42.5 Å². The maximum absolute atomic E-state index is 13.3. The Labute approximate surface area is 193 Å². The van der Waals surface area contributed by atoms with Gasteiger partial charge < -0.3 is 9.47 Å². The fraction of sp³-hybridized carbons (Fsp3) is 0.286. The predicted octanol–water partition coefficient (Wildman–Crippen LogP) is 7.50. The lowest BCUT2D eigenvalue weighted by Crippen LogP contribution is -2.21. The second-order valence-corrected chi connectivity index (χ2v) is 6.96. The van der Waals surface area contributed by atoms with Crippen LogP contribution in [0.2, 0.25) is 0 Å². The van der Waals surface area contributed by atoms with Crippen molar-refractivity contribution in [3.05, 3.63) is 64.7 Å². The first-order chi connectivity index (χ1) is 16.3. The molecule has 0 heterocycles. The summed E-state index contributed by atoms with van der Waals surface area (Å²) in [5, 5.41) is 0. The summed E-state index contributed by atoms with van der Waals surface area (Å²) >= 11 is 0. The Morgan fingerprint density at radius 3 is 1.83 bits per heavy atom. The van der Waals surface area contributed by atoms with Crippen molar-refractivity contribution < 1.29 is 67.0 Å². The molecule has 3 nitrogen and oxygen atoms in total. The average Bonchev–Trinajstić information content (AvgIpc) is 2.72. The predicted molar refractivity (Wildman–Crippen MR) is 99.4 cm³/mol. The molecule has 0 aliphatic carbocycles. The summed E-state index contributed by atoms with van der Waals surface area (Å²) in [6.07, 6.45) is -19.3. The van der Waals surface area contributed by atoms with Crippen molar-refractivity contribution >= 4 is 11.9 Å². The summed E-state index contributed by atoms with van der Waals surface area (Å²) in [6.45, 7) is -3.75. The van der Waals surface area contributed by atoms with Crippen LogP contribution in [0, 0.1) is 0 Å². The van der Waals surface area contributed by atoms with Gasteiger partial charge in [-0.15, -0.1) is 0 Å². The molecule has 0 aromatic heterocycles. The number of rotatable bonds is 7. The number of ketones is 1. The summed E-state index contributed by atoms with van der Waals surface area (Å²) in [6, 6.07) is 2.53. The lowest BCUT2D eigenvalue weighted by molar-refractivity contribution is -0.154. The molecule has 0 radical (unpaired) electrons. The molecule has 15 heteroatoms. The molecular formula is C21H12F12O3. The molecule has 0 N–H and O–H groups in total. The second-order valence-electron chi connectivity index (χ2n) is 6.96. The lowest BCUT2D eigenvalue weighted by Gasteiger charge is -2.15. The molecule has 0 bridgehead atoms. The van der Waals surface area contributed by atoms with Crippen LogP contribution in [0.25, 0.3) is 6.08 Å². The third kappa shape index (κ3) is 8.68. The maximum Gasteiger partial charge on any atom is 0.422 e. The van der Waals surface area contributed by atoms with Gasteiger partial charge in [0.05, 0.1) is 16.7 Å². The Balaban J connectivity index is 2.45. The van der Waals surface area contributed by atoms with Crippen LogP contribution in [0.5, 0.6) is 11.5 Å². The van der Waals surface area contributed by atoms with Gasteiger partial charge >= 0.3 is 24.7 Å². The molecule has 0 atom stereocenters. The first-order valence-corrected chi connectivity index (χ1v) is 9.30. The number of carbonyl (C=O) groups excluding carboxylic acids is 1. The van der Waals surface area contributed by atoms with Crippen LogP contribution in [0.1, 0.15) is 27.0 Å². The summed E-state index contributed by atoms with van der Waals surface area (Å²) < 4.78 is 161. The van der Waals surface area contributed by atoms with Gasteiger partial charge in [-0.25, -0.2) is 0 Å². The summed E-state index contributed by atoms with van der Waals surface area (Å²) in [5.41, 5.74) is -5.10. The highest BCUT2D eigenvalue weighted by Gasteiger charge is 2.38. The topological polar surface area (TPSA) is 35.5 Å². The van der Waals surface area contributed by atoms with Crippen molar-refractivity contribution in [3.63, 3.8) is 0 Å². The van der Waals surface area contributed by atoms with Crippen LogP contribution >= 0.6 is 0 Å². The molecule has 2 aromatic rings. The standard InChI is InChI=1S/C21H12F12O3/c22-18(23,24)9-35-13-4-6-17(36-10-19(25,26)27)14(8-13)16(34)5-2-11-1-3-12(20(28,29)30)7-15(11)21(31,32)33/h1-8H,9-10H2. The lowest BCUT2D eigenvalue weighted by atomic mass is 10.0. The molecule has 36 heavy (non-hydrogen) atoms. The Morgan fingerprint density at radius 2 is 1.31 bits per heavy atom. The highest BCUT2D eigenvalue weighted by Crippen LogP contribution is 2.38. The minimum absolute atomic E-state index is 0.201. The van der Waals surface area contributed by atoms with Crippen LogP contribution in [-0.2, 0) is 12.4 Å². The monoisotopic (exact) mass is 540 g/mol. The first kappa shape index (κ1) is 28.8. The Morgan fingerprint density at radius 1 is 0.722 bits per heavy atom. The Hall–Kier alpha value is -3.39. The van der Waals surface area contributed by atoms with E-state index < -0.39 is 77.5 Å². The van der Waals surface area contributed by atoms with Crippen molar-refractivity contribution in [2.75, 3.05) is 13.2 Å². The molecule has 0 unspecified atom stereocenters. The van der Waals surface area contributed by atoms with Crippen LogP contribution in [0.4, 0.5) is 52.7 Å². The number of alkyl halides is 12. The molecule has 0 aliphatic rings. The highest BCUT2D eigenvalue weighted by molar-refractivity contribution is 6.09. The number of allylic oxidation sites excluding steroid dienone is 1. The summed E-state index contributed by atoms with van der Waals surface area (Å²) in [5.74, 6) is -2.75. The van der Waals surface area contributed by atoms with E-state index in [0.717, 1.165) is 6.07 Å². The molecule has 0 amide bonds. The van der Waals surface area contributed by atoms with Crippen LogP contribution in [-0.4, -0.2) is 31.3 Å². The van der Waals surface area contributed by atoms with E-state index in [2.05, 4.69) is 9.47 Å². The number of hydrogen-bond acceptors (Lipinski definition) is 3. The fourth-order valence-corrected chi connectivity index (χ4v) is 2.62. The zero-order valence-electron chi connectivity index (χ0n) is 17.3. The van der Waals surface area contributed by atoms with Gasteiger partial charge in [-0.3, -0.25) is 4.79 Å². The third-order valence-electron chi connectivity index (χ3n) is 4.11. The maximum atomic E-state index is 13.3. The Bertz CT molecular complexity index is 1110. The highest BCUT2D eigenvalue weighted by atomic mass is 19.4. The minimum atomic E-state index is -5.28. The van der Waals surface area contributed by atoms with E-state index in [1.165, 1.54) is 0 Å². The quantitative estimate of drug-likeness (QED) is 0.207. The minimum Gasteiger partial charge on any atom is -0.484 e. The SMILES string of the molecule is O=C(C=Cc1ccc(C(F)(F)F)cc1C(F)(F)F)c1cc(OCC(F)(F)F)ccc1OCC(F)(F)F. The Kier molecular flexibility index (Phi) is 8.26. The number of carbonyl (C=O) groups is 1. The molecule has 0 aliphatic heterocycles. The van der Waals surface area contributed by atoms with E-state index in [4.69, 9.17) is 0 Å². The van der Waals surface area contributed by atoms with Crippen LogP contribution < -0.4 is 9.47 Å². The van der Waals surface area contributed by atoms with E-state index in [1.807, 2.05) is 0 Å². The molecule has 0 saturated heterocycles. The number of benzene rings is 2. The van der Waals surface area contributed by atoms with Gasteiger partial charge in [-0.2, -0.15) is 52.7 Å². The average molecular weight is 540 g/mol. The van der Waals surface area contributed by atoms with Gasteiger partial charge in [0.2, 0.25) is 0 Å². The number of hydrogen-bond donors (Lipinski definition) is 0. The van der Waals surface area contributed by atoms with E-state index >= 15 is 0 Å². The molecular weight excluding hydrogens is 528 g/mol. The van der Waals surface area contributed by atoms with Crippen molar-refractivity contribution in [3.8, 4) is 11.5 Å². The van der Waals surface area contributed by atoms with Gasteiger partial charge in [-0.05, 0) is 42.0 Å². The third-order valence-corrected chi connectivity index (χ3v) is 4.11. The molecule has 0 fully saturated rings. The van der Waals surface area contributed by atoms with Gasteiger partial charge in [0.25, 0.3) is 0 Å². The van der Waals surface area contributed by atoms with Crippen molar-refractivity contribution in [2.24, 2.45) is 0 Å². The number of halogens is 12. The zero-order valence-corrected chi connectivity index (χ0v) is 17.3. The zero-order chi connectivity index (χ0) is 27.5. The second kappa shape index (κ2) is 10.3. The molecule has 2 rings (SSSR count). The van der Waals surface area contributed by atoms with Gasteiger partial charge in [-0.1, -0.05) is 12.1 Å². The van der Waals surface area contributed by atoms with Crippen molar-refractivity contribution in [1.82, 2.24) is 0 Å². The molecule has 198 valence electrons. The van der Waals surface area contributed by atoms with Crippen molar-refractivity contribution in [2.45, 2.75) is 24.7 Å². The number of ether oxygens (including phenoxy) is 2. The normalized spacial score (nSPS) is 13.2. The van der Waals surface area contributed by atoms with Gasteiger partial charge in [0, 0.05) is 0 Å². The van der Waals surface area contributed by atoms with Crippen LogP contribution in [0.3, 0.4) is 0 Å². The smallest absolute Gasteiger partial charge is 0.422 e. The van der Waals surface area contributed by atoms with E-state index in [0.29, 0.717) is 36.4 Å². The van der Waals surface area contributed by atoms with E-state index in [1.54, 1.807) is 0 Å². The summed E-state index contributed by atoms with van der Waals surface area (Å²) in [4.78, 5) is 12.5. The molecule has 0 spiro atoms. The van der Waals surface area contributed by atoms with E-state index in [-0.39, 0.29) is 6.07 Å². The molecule has 2 aromatic carbocycles. The van der Waals surface area contributed by atoms with Gasteiger partial charge in [0.1, 0.15) is 11.5 Å². The fourth-order valence-electron chi connectivity index (χ4n) is 2.62. The first-order valence-electron chi connectivity index (χ1n) is 9.30. The van der Waals surface area contributed by atoms with Crippen molar-refractivity contribution in [1.29, 1.82) is 0 Å². The summed E-state index contributed by atoms with van der Waals surface area (Å²) in [7, 11) is 0. The van der Waals surface area contributed by atoms with Gasteiger partial charge in [0.15, 0.2) is 19.0 Å².